The second kappa shape index (κ2) is 4.86. The fourth-order valence-corrected chi connectivity index (χ4v) is 4.18. The summed E-state index contributed by atoms with van der Waals surface area (Å²) in [4.78, 5) is 0. The van der Waals surface area contributed by atoms with E-state index in [1.165, 1.54) is 59.0 Å². The molecule has 3 aliphatic carbocycles. The summed E-state index contributed by atoms with van der Waals surface area (Å²) in [5.74, 6) is 0. The van der Waals surface area contributed by atoms with Crippen LogP contribution < -0.4 is 0 Å². The fourth-order valence-electron chi connectivity index (χ4n) is 4.18. The van der Waals surface area contributed by atoms with Crippen molar-refractivity contribution >= 4 is 22.6 Å². The van der Waals surface area contributed by atoms with Crippen molar-refractivity contribution in [3.05, 3.63) is 70.5 Å². The fraction of sp³-hybridized carbons (Fsp3) is 0.273. The van der Waals surface area contributed by atoms with Gasteiger partial charge in [0.05, 0.1) is 0 Å². The summed E-state index contributed by atoms with van der Waals surface area (Å²) in [5.41, 5.74) is 10.3. The van der Waals surface area contributed by atoms with Crippen molar-refractivity contribution in [3.8, 4) is 0 Å². The summed E-state index contributed by atoms with van der Waals surface area (Å²) in [5, 5.41) is 1.42. The van der Waals surface area contributed by atoms with E-state index >= 15 is 0 Å². The summed E-state index contributed by atoms with van der Waals surface area (Å²) in [6.07, 6.45) is 17.5. The zero-order valence-electron chi connectivity index (χ0n) is 13.6. The Balaban J connectivity index is 1.70. The van der Waals surface area contributed by atoms with Gasteiger partial charge in [-0.1, -0.05) is 30.4 Å². The zero-order valence-corrected chi connectivity index (χ0v) is 13.6. The molecule has 114 valence electrons. The van der Waals surface area contributed by atoms with Gasteiger partial charge in [0, 0.05) is 29.2 Å². The normalized spacial score (nSPS) is 19.3. The lowest BCUT2D eigenvalue weighted by atomic mass is 9.84. The third kappa shape index (κ3) is 1.92. The van der Waals surface area contributed by atoms with Crippen LogP contribution in [-0.4, -0.2) is 4.57 Å². The number of rotatable bonds is 2. The summed E-state index contributed by atoms with van der Waals surface area (Å²) in [7, 11) is 2.22. The Kier molecular flexibility index (Phi) is 2.78. The molecule has 0 atom stereocenters. The van der Waals surface area contributed by atoms with Crippen molar-refractivity contribution in [1.29, 1.82) is 0 Å². The highest BCUT2D eigenvalue weighted by Crippen LogP contribution is 2.39. The molecule has 0 N–H and O–H groups in total. The smallest absolute Gasteiger partial charge is 0.0486 e. The van der Waals surface area contributed by atoms with Gasteiger partial charge >= 0.3 is 0 Å². The Hall–Kier alpha value is -2.28. The number of aromatic nitrogens is 1. The average Bonchev–Trinajstić information content (AvgIpc) is 3.14. The number of allylic oxidation sites excluding steroid dienone is 7. The van der Waals surface area contributed by atoms with E-state index in [1.807, 2.05) is 0 Å². The second-order valence-corrected chi connectivity index (χ2v) is 6.91. The largest absolute Gasteiger partial charge is 0.347 e. The van der Waals surface area contributed by atoms with Crippen LogP contribution in [0.1, 0.15) is 42.5 Å². The molecule has 0 saturated heterocycles. The molecule has 1 nitrogen and oxygen atoms in total. The van der Waals surface area contributed by atoms with Crippen molar-refractivity contribution in [2.45, 2.75) is 32.1 Å². The molecular formula is C22H21N. The highest BCUT2D eigenvalue weighted by molar-refractivity contribution is 5.95. The van der Waals surface area contributed by atoms with E-state index in [1.54, 1.807) is 11.1 Å². The molecule has 1 heteroatoms. The van der Waals surface area contributed by atoms with Gasteiger partial charge in [0.2, 0.25) is 0 Å². The molecule has 2 aromatic rings. The van der Waals surface area contributed by atoms with Gasteiger partial charge in [-0.05, 0) is 72.6 Å². The third-order valence-electron chi connectivity index (χ3n) is 5.67. The number of nitrogens with zero attached hydrogens (tertiary/aromatic N) is 1. The lowest BCUT2D eigenvalue weighted by Gasteiger charge is -2.22. The van der Waals surface area contributed by atoms with E-state index in [0.717, 1.165) is 6.42 Å². The Morgan fingerprint density at radius 3 is 2.65 bits per heavy atom. The van der Waals surface area contributed by atoms with Gasteiger partial charge in [-0.25, -0.2) is 0 Å². The zero-order chi connectivity index (χ0) is 15.4. The van der Waals surface area contributed by atoms with Crippen LogP contribution >= 0.6 is 0 Å². The maximum absolute atomic E-state index is 2.47. The van der Waals surface area contributed by atoms with Crippen molar-refractivity contribution < 1.29 is 0 Å². The van der Waals surface area contributed by atoms with Gasteiger partial charge in [-0.3, -0.25) is 0 Å². The first-order chi connectivity index (χ1) is 11.3. The quantitative estimate of drug-likeness (QED) is 0.683. The lowest BCUT2D eigenvalue weighted by Crippen LogP contribution is -2.07. The average molecular weight is 299 g/mol. The molecule has 1 aromatic carbocycles. The Labute approximate surface area is 137 Å². The predicted molar refractivity (Wildman–Crippen MR) is 98.3 cm³/mol. The first kappa shape index (κ1) is 13.2. The molecular weight excluding hydrogens is 278 g/mol. The summed E-state index contributed by atoms with van der Waals surface area (Å²) in [6.45, 7) is 0. The molecule has 23 heavy (non-hydrogen) atoms. The predicted octanol–water partition coefficient (Wildman–Crippen LogP) is 5.57. The van der Waals surface area contributed by atoms with Crippen LogP contribution in [0.15, 0.2) is 53.6 Å². The monoisotopic (exact) mass is 299 g/mol. The maximum Gasteiger partial charge on any atom is 0.0486 e. The molecule has 1 aromatic heterocycles. The van der Waals surface area contributed by atoms with Gasteiger partial charge in [0.25, 0.3) is 0 Å². The number of aryl methyl sites for hydroxylation is 1. The summed E-state index contributed by atoms with van der Waals surface area (Å²) in [6, 6.07) is 6.99. The molecule has 5 rings (SSSR count). The van der Waals surface area contributed by atoms with Gasteiger partial charge in [-0.2, -0.15) is 0 Å². The first-order valence-corrected chi connectivity index (χ1v) is 8.68. The molecule has 0 saturated carbocycles. The molecule has 1 heterocycles. The number of benzene rings is 1. The van der Waals surface area contributed by atoms with Crippen molar-refractivity contribution in [1.82, 2.24) is 4.57 Å². The Bertz CT molecular complexity index is 944. The molecule has 3 aliphatic rings. The Morgan fingerprint density at radius 1 is 1.00 bits per heavy atom. The summed E-state index contributed by atoms with van der Waals surface area (Å²) < 4.78 is 2.40. The Morgan fingerprint density at radius 2 is 1.91 bits per heavy atom. The standard InChI is InChI=1S/C22H21N/c1-23-21-11-9-17(15-5-2-3-6-15)13-19(21)20-14-18(10-12-22(20)23)16-7-4-8-16/h2-3,5,7,9,11,13-14H,4,6,8,10,12H2,1H3. The van der Waals surface area contributed by atoms with Gasteiger partial charge in [-0.15, -0.1) is 0 Å². The van der Waals surface area contributed by atoms with Crippen LogP contribution in [0.4, 0.5) is 0 Å². The minimum absolute atomic E-state index is 1.06. The number of hydrogen-bond donors (Lipinski definition) is 0. The second-order valence-electron chi connectivity index (χ2n) is 6.91. The van der Waals surface area contributed by atoms with E-state index in [2.05, 4.69) is 60.2 Å². The van der Waals surface area contributed by atoms with Crippen LogP contribution in [0.2, 0.25) is 0 Å². The highest BCUT2D eigenvalue weighted by atomic mass is 14.9. The van der Waals surface area contributed by atoms with E-state index in [4.69, 9.17) is 0 Å². The first-order valence-electron chi connectivity index (χ1n) is 8.68. The topological polar surface area (TPSA) is 4.93 Å². The maximum atomic E-state index is 2.47. The molecule has 0 fully saturated rings. The minimum Gasteiger partial charge on any atom is -0.347 e. The van der Waals surface area contributed by atoms with Crippen LogP contribution in [0.3, 0.4) is 0 Å². The van der Waals surface area contributed by atoms with Crippen molar-refractivity contribution in [3.63, 3.8) is 0 Å². The molecule has 0 bridgehead atoms. The van der Waals surface area contributed by atoms with Crippen LogP contribution in [0, 0.1) is 0 Å². The number of fused-ring (bicyclic) bond motifs is 3. The van der Waals surface area contributed by atoms with E-state index in [9.17, 15) is 0 Å². The van der Waals surface area contributed by atoms with Crippen molar-refractivity contribution in [2.24, 2.45) is 7.05 Å². The van der Waals surface area contributed by atoms with E-state index in [-0.39, 0.29) is 0 Å². The summed E-state index contributed by atoms with van der Waals surface area (Å²) >= 11 is 0. The molecule has 0 aliphatic heterocycles. The van der Waals surface area contributed by atoms with Gasteiger partial charge < -0.3 is 4.57 Å². The molecule has 0 radical (unpaired) electrons. The van der Waals surface area contributed by atoms with E-state index < -0.39 is 0 Å². The van der Waals surface area contributed by atoms with Crippen LogP contribution in [0.5, 0.6) is 0 Å². The van der Waals surface area contributed by atoms with Gasteiger partial charge in [0.1, 0.15) is 0 Å². The minimum atomic E-state index is 1.06. The van der Waals surface area contributed by atoms with Gasteiger partial charge in [0.15, 0.2) is 0 Å². The molecule has 0 spiro atoms. The van der Waals surface area contributed by atoms with Crippen LogP contribution in [0.25, 0.3) is 22.6 Å². The molecule has 0 amide bonds. The molecule has 0 unspecified atom stereocenters. The SMILES string of the molecule is Cn1c2c(c3cc(C4=CC=CC4)ccc31)C=C(C1=CCC1)CC2. The van der Waals surface area contributed by atoms with E-state index in [0.29, 0.717) is 0 Å². The third-order valence-corrected chi connectivity index (χ3v) is 5.67. The lowest BCUT2D eigenvalue weighted by molar-refractivity contribution is 0.783. The number of hydrogen-bond acceptors (Lipinski definition) is 0. The highest BCUT2D eigenvalue weighted by Gasteiger charge is 2.22. The van der Waals surface area contributed by atoms with Crippen LogP contribution in [-0.2, 0) is 13.5 Å². The van der Waals surface area contributed by atoms with Crippen molar-refractivity contribution in [2.75, 3.05) is 0 Å².